The van der Waals surface area contributed by atoms with E-state index >= 15 is 0 Å². The fourth-order valence-corrected chi connectivity index (χ4v) is 10.0. The van der Waals surface area contributed by atoms with E-state index in [9.17, 15) is 4.79 Å². The Morgan fingerprint density at radius 2 is 1.72 bits per heavy atom. The van der Waals surface area contributed by atoms with Crippen LogP contribution < -0.4 is 0 Å². The summed E-state index contributed by atoms with van der Waals surface area (Å²) in [5, 5.41) is 0. The topological polar surface area (TPSA) is 26.3 Å². The van der Waals surface area contributed by atoms with Crippen molar-refractivity contribution >= 4 is 17.6 Å². The van der Waals surface area contributed by atoms with Gasteiger partial charge >= 0.3 is 5.97 Å². The smallest absolute Gasteiger partial charge is 0.302 e. The lowest BCUT2D eigenvalue weighted by Crippen LogP contribution is -2.60. The van der Waals surface area contributed by atoms with E-state index in [2.05, 4.69) is 34.6 Å². The van der Waals surface area contributed by atoms with E-state index in [-0.39, 0.29) is 22.4 Å². The van der Waals surface area contributed by atoms with Crippen LogP contribution >= 0.6 is 11.6 Å². The summed E-state index contributed by atoms with van der Waals surface area (Å²) >= 11 is 7.46. The molecule has 184 valence electrons. The largest absolute Gasteiger partial charge is 0.462 e. The third-order valence-corrected chi connectivity index (χ3v) is 12.0. The Kier molecular flexibility index (Phi) is 7.06. The molecule has 4 aliphatic rings. The minimum atomic E-state index is -0.192. The summed E-state index contributed by atoms with van der Waals surface area (Å²) in [5.41, 5.74) is 0.729. The first-order valence-corrected chi connectivity index (χ1v) is 14.2. The Bertz CT molecular complexity index is 691. The molecule has 2 nitrogen and oxygen atoms in total. The van der Waals surface area contributed by atoms with Gasteiger partial charge in [0, 0.05) is 13.3 Å². The first-order chi connectivity index (χ1) is 15.0. The number of hydrogen-bond acceptors (Lipinski definition) is 2. The number of carbonyl (C=O) groups excluding carboxylic acids is 1. The Balaban J connectivity index is 1.47. The fraction of sp³-hybridized carbons (Fsp3) is 0.966. The Labute approximate surface area is 203 Å². The maximum Gasteiger partial charge on any atom is 0.302 e. The van der Waals surface area contributed by atoms with Crippen LogP contribution in [0.2, 0.25) is 0 Å². The van der Waals surface area contributed by atoms with E-state index in [0.717, 1.165) is 61.2 Å². The summed E-state index contributed by atoms with van der Waals surface area (Å²) in [5.74, 6) is 4.95. The lowest BCUT2D eigenvalue weighted by Gasteiger charge is -2.64. The lowest BCUT2D eigenvalue weighted by atomic mass is 9.44. The third kappa shape index (κ3) is 4.18. The maximum absolute atomic E-state index is 11.6. The number of carbonyl (C=O) groups is 1. The molecule has 0 aliphatic heterocycles. The zero-order valence-electron chi connectivity index (χ0n) is 21.7. The highest BCUT2D eigenvalue weighted by molar-refractivity contribution is 6.24. The van der Waals surface area contributed by atoms with Crippen LogP contribution in [-0.2, 0) is 9.53 Å². The van der Waals surface area contributed by atoms with E-state index in [0.29, 0.717) is 5.41 Å². The highest BCUT2D eigenvalue weighted by Gasteiger charge is 2.64. The van der Waals surface area contributed by atoms with Gasteiger partial charge in [-0.25, -0.2) is 0 Å². The summed E-state index contributed by atoms with van der Waals surface area (Å²) in [7, 11) is 0. The van der Waals surface area contributed by atoms with E-state index < -0.39 is 0 Å². The lowest BCUT2D eigenvalue weighted by molar-refractivity contribution is -0.157. The molecule has 0 amide bonds. The molecule has 4 saturated carbocycles. The Hall–Kier alpha value is -0.240. The molecule has 4 rings (SSSR count). The third-order valence-electron chi connectivity index (χ3n) is 11.2. The normalized spacial score (nSPS) is 46.8. The molecule has 0 N–H and O–H groups in total. The zero-order valence-corrected chi connectivity index (χ0v) is 22.5. The van der Waals surface area contributed by atoms with Gasteiger partial charge in [0.2, 0.25) is 0 Å². The number of hydrogen-bond donors (Lipinski definition) is 0. The average molecular weight is 465 g/mol. The number of ether oxygens (including phenoxy) is 1. The van der Waals surface area contributed by atoms with Gasteiger partial charge < -0.3 is 4.74 Å². The minimum absolute atomic E-state index is 0.0195. The first-order valence-electron chi connectivity index (χ1n) is 13.9. The van der Waals surface area contributed by atoms with Gasteiger partial charge in [0.05, 0.1) is 4.87 Å². The van der Waals surface area contributed by atoms with Gasteiger partial charge in [-0.05, 0) is 97.7 Å². The minimum Gasteiger partial charge on any atom is -0.462 e. The second-order valence-corrected chi connectivity index (χ2v) is 14.0. The average Bonchev–Trinajstić information content (AvgIpc) is 3.05. The van der Waals surface area contributed by atoms with Gasteiger partial charge in [-0.3, -0.25) is 4.79 Å². The van der Waals surface area contributed by atoms with Crippen molar-refractivity contribution in [3.8, 4) is 0 Å². The molecule has 0 aromatic heterocycles. The van der Waals surface area contributed by atoms with Crippen molar-refractivity contribution in [1.29, 1.82) is 0 Å². The van der Waals surface area contributed by atoms with Crippen LogP contribution in [0.25, 0.3) is 0 Å². The van der Waals surface area contributed by atoms with Crippen LogP contribution in [0.15, 0.2) is 0 Å². The molecular weight excluding hydrogens is 416 g/mol. The SMILES string of the molecule is CC(=O)O[C@@H]1CC[C@]2(C)[C@@H]3CC[C@@]4(C)[C@@H](CC[C@H]4[C@H](C)CCCC(C)C)[C@@H]3CC[C@@]2(Cl)C1. The summed E-state index contributed by atoms with van der Waals surface area (Å²) in [6.45, 7) is 14.0. The first kappa shape index (κ1) is 24.9. The number of alkyl halides is 1. The van der Waals surface area contributed by atoms with Crippen LogP contribution in [0.1, 0.15) is 119 Å². The Morgan fingerprint density at radius 1 is 0.969 bits per heavy atom. The van der Waals surface area contributed by atoms with Gasteiger partial charge in [0.15, 0.2) is 0 Å². The molecular formula is C29H49ClO2. The molecule has 9 atom stereocenters. The van der Waals surface area contributed by atoms with Crippen molar-refractivity contribution in [2.45, 2.75) is 130 Å². The summed E-state index contributed by atoms with van der Waals surface area (Å²) in [4.78, 5) is 11.4. The van der Waals surface area contributed by atoms with Crippen molar-refractivity contribution in [2.24, 2.45) is 46.3 Å². The molecule has 0 saturated heterocycles. The van der Waals surface area contributed by atoms with Crippen molar-refractivity contribution < 1.29 is 9.53 Å². The standard InChI is InChI=1S/C29H49ClO2/c1-19(2)8-7-9-20(3)24-10-11-25-23-13-17-29(30)18-22(32-21(4)31)12-16-28(29,6)26(23)14-15-27(24,25)5/h19-20,22-26H,7-18H2,1-6H3/t20-,22-,23+,24+,25+,26-,27-,28-,29-/m1/s1. The predicted octanol–water partition coefficient (Wildman–Crippen LogP) is 8.40. The predicted molar refractivity (Wildman–Crippen MR) is 134 cm³/mol. The van der Waals surface area contributed by atoms with Crippen LogP contribution in [0.5, 0.6) is 0 Å². The molecule has 3 heteroatoms. The quantitative estimate of drug-likeness (QED) is 0.291. The van der Waals surface area contributed by atoms with Crippen LogP contribution in [0.3, 0.4) is 0 Å². The highest BCUT2D eigenvalue weighted by Crippen LogP contribution is 2.70. The monoisotopic (exact) mass is 464 g/mol. The summed E-state index contributed by atoms with van der Waals surface area (Å²) in [6, 6.07) is 0. The molecule has 0 aromatic rings. The van der Waals surface area contributed by atoms with Gasteiger partial charge in [-0.15, -0.1) is 11.6 Å². The molecule has 0 heterocycles. The van der Waals surface area contributed by atoms with Crippen molar-refractivity contribution in [1.82, 2.24) is 0 Å². The summed E-state index contributed by atoms with van der Waals surface area (Å²) < 4.78 is 5.64. The molecule has 4 aliphatic carbocycles. The van der Waals surface area contributed by atoms with Crippen molar-refractivity contribution in [2.75, 3.05) is 0 Å². The highest BCUT2D eigenvalue weighted by atomic mass is 35.5. The number of esters is 1. The molecule has 0 spiro atoms. The van der Waals surface area contributed by atoms with E-state index in [1.807, 2.05) is 0 Å². The number of rotatable bonds is 6. The second kappa shape index (κ2) is 9.09. The molecule has 0 radical (unpaired) electrons. The van der Waals surface area contributed by atoms with Crippen molar-refractivity contribution in [3.05, 3.63) is 0 Å². The summed E-state index contributed by atoms with van der Waals surface area (Å²) in [6.07, 6.45) is 15.2. The molecule has 32 heavy (non-hydrogen) atoms. The fourth-order valence-electron chi connectivity index (χ4n) is 9.52. The number of fused-ring (bicyclic) bond motifs is 5. The van der Waals surface area contributed by atoms with Crippen molar-refractivity contribution in [3.63, 3.8) is 0 Å². The van der Waals surface area contributed by atoms with Crippen LogP contribution in [0.4, 0.5) is 0 Å². The second-order valence-electron chi connectivity index (χ2n) is 13.3. The zero-order chi connectivity index (χ0) is 23.3. The van der Waals surface area contributed by atoms with Gasteiger partial charge in [0.25, 0.3) is 0 Å². The van der Waals surface area contributed by atoms with E-state index in [1.165, 1.54) is 58.3 Å². The van der Waals surface area contributed by atoms with Crippen LogP contribution in [0, 0.1) is 46.3 Å². The molecule has 4 fully saturated rings. The molecule has 0 unspecified atom stereocenters. The van der Waals surface area contributed by atoms with Gasteiger partial charge in [-0.2, -0.15) is 0 Å². The van der Waals surface area contributed by atoms with E-state index in [4.69, 9.17) is 16.3 Å². The molecule has 0 aromatic carbocycles. The number of halogens is 1. The van der Waals surface area contributed by atoms with Gasteiger partial charge in [-0.1, -0.05) is 53.9 Å². The van der Waals surface area contributed by atoms with E-state index in [1.54, 1.807) is 0 Å². The maximum atomic E-state index is 11.6. The molecule has 0 bridgehead atoms. The Morgan fingerprint density at radius 3 is 2.41 bits per heavy atom. The van der Waals surface area contributed by atoms with Gasteiger partial charge in [0.1, 0.15) is 6.10 Å². The van der Waals surface area contributed by atoms with Crippen LogP contribution in [-0.4, -0.2) is 16.9 Å².